The van der Waals surface area contributed by atoms with Crippen molar-refractivity contribution in [2.24, 2.45) is 0 Å². The van der Waals surface area contributed by atoms with E-state index in [9.17, 15) is 13.2 Å². The molecule has 0 spiro atoms. The molecule has 2 unspecified atom stereocenters. The van der Waals surface area contributed by atoms with Gasteiger partial charge in [0.15, 0.2) is 5.13 Å². The van der Waals surface area contributed by atoms with Gasteiger partial charge >= 0.3 is 0 Å². The Morgan fingerprint density at radius 3 is 2.74 bits per heavy atom. The zero-order valence-corrected chi connectivity index (χ0v) is 17.5. The third-order valence-electron chi connectivity index (χ3n) is 3.86. The maximum Gasteiger partial charge on any atom is 0.250 e. The highest BCUT2D eigenvalue weighted by Gasteiger charge is 2.23. The molecule has 3 heterocycles. The smallest absolute Gasteiger partial charge is 0.250 e. The molecule has 0 aliphatic carbocycles. The molecule has 1 aliphatic heterocycles. The molecule has 1 saturated heterocycles. The largest absolute Gasteiger partial charge is 0.373 e. The Kier molecular flexibility index (Phi) is 6.61. The Bertz CT molecular complexity index is 856. The quantitative estimate of drug-likeness (QED) is 0.694. The topological polar surface area (TPSA) is 101 Å². The fourth-order valence-electron chi connectivity index (χ4n) is 2.89. The number of carbonyl (C=O) groups is 1. The summed E-state index contributed by atoms with van der Waals surface area (Å²) in [6, 6.07) is 3.14. The van der Waals surface area contributed by atoms with Crippen LogP contribution in [0.25, 0.3) is 0 Å². The first-order chi connectivity index (χ1) is 12.8. The van der Waals surface area contributed by atoms with E-state index in [0.717, 1.165) is 30.1 Å². The molecule has 27 heavy (non-hydrogen) atoms. The number of amides is 1. The summed E-state index contributed by atoms with van der Waals surface area (Å²) in [7, 11) is -3.66. The summed E-state index contributed by atoms with van der Waals surface area (Å²) in [6.07, 6.45) is 0.367. The van der Waals surface area contributed by atoms with E-state index in [2.05, 4.69) is 19.9 Å². The van der Waals surface area contributed by atoms with Crippen molar-refractivity contribution in [2.75, 3.05) is 25.0 Å². The number of nitrogens with one attached hydrogen (secondary N) is 2. The monoisotopic (exact) mass is 430 g/mol. The molecule has 2 aromatic rings. The predicted molar refractivity (Wildman–Crippen MR) is 106 cm³/mol. The summed E-state index contributed by atoms with van der Waals surface area (Å²) < 4.78 is 32.2. The molecule has 2 aromatic heterocycles. The molecule has 3 rings (SSSR count). The lowest BCUT2D eigenvalue weighted by atomic mass is 10.2. The normalized spacial score (nSPS) is 21.3. The van der Waals surface area contributed by atoms with E-state index < -0.39 is 15.9 Å². The third kappa shape index (κ3) is 5.80. The summed E-state index contributed by atoms with van der Waals surface area (Å²) in [5.41, 5.74) is 0.871. The van der Waals surface area contributed by atoms with Crippen molar-refractivity contribution in [3.8, 4) is 0 Å². The molecule has 0 saturated carbocycles. The van der Waals surface area contributed by atoms with Gasteiger partial charge in [0, 0.05) is 25.0 Å². The number of thiazole rings is 1. The Labute approximate surface area is 166 Å². The summed E-state index contributed by atoms with van der Waals surface area (Å²) in [5.74, 6) is -0.454. The number of rotatable bonds is 7. The first-order valence-electron chi connectivity index (χ1n) is 8.47. The highest BCUT2D eigenvalue weighted by atomic mass is 32.2. The van der Waals surface area contributed by atoms with Gasteiger partial charge in [0.2, 0.25) is 5.91 Å². The Morgan fingerprint density at radius 1 is 1.33 bits per heavy atom. The van der Waals surface area contributed by atoms with Crippen molar-refractivity contribution < 1.29 is 17.9 Å². The van der Waals surface area contributed by atoms with Crippen LogP contribution in [-0.2, 0) is 26.1 Å². The first kappa shape index (κ1) is 20.4. The lowest BCUT2D eigenvalue weighted by Crippen LogP contribution is -2.44. The SMILES string of the molecule is CC1CN(Cc2csc(NC(=O)CNS(=O)(=O)c3cccs3)n2)CC(C)O1. The van der Waals surface area contributed by atoms with Crippen molar-refractivity contribution >= 4 is 43.7 Å². The van der Waals surface area contributed by atoms with E-state index >= 15 is 0 Å². The Balaban J connectivity index is 1.49. The number of ether oxygens (including phenoxy) is 1. The second-order valence-electron chi connectivity index (χ2n) is 6.40. The average molecular weight is 431 g/mol. The second kappa shape index (κ2) is 8.76. The van der Waals surface area contributed by atoms with Crippen LogP contribution in [0, 0.1) is 0 Å². The lowest BCUT2D eigenvalue weighted by Gasteiger charge is -2.34. The summed E-state index contributed by atoms with van der Waals surface area (Å²) in [6.45, 7) is 6.13. The van der Waals surface area contributed by atoms with Crippen LogP contribution in [0.15, 0.2) is 27.1 Å². The van der Waals surface area contributed by atoms with Crippen LogP contribution in [0.1, 0.15) is 19.5 Å². The van der Waals surface area contributed by atoms with Gasteiger partial charge in [-0.1, -0.05) is 6.07 Å². The minimum Gasteiger partial charge on any atom is -0.373 e. The molecule has 0 radical (unpaired) electrons. The lowest BCUT2D eigenvalue weighted by molar-refractivity contribution is -0.115. The predicted octanol–water partition coefficient (Wildman–Crippen LogP) is 1.73. The van der Waals surface area contributed by atoms with E-state index in [4.69, 9.17) is 4.74 Å². The van der Waals surface area contributed by atoms with Gasteiger partial charge in [-0.15, -0.1) is 22.7 Å². The van der Waals surface area contributed by atoms with Gasteiger partial charge in [-0.05, 0) is 25.3 Å². The van der Waals surface area contributed by atoms with Crippen LogP contribution in [0.3, 0.4) is 0 Å². The van der Waals surface area contributed by atoms with Crippen LogP contribution < -0.4 is 10.0 Å². The van der Waals surface area contributed by atoms with Gasteiger partial charge in [0.1, 0.15) is 4.21 Å². The van der Waals surface area contributed by atoms with Crippen LogP contribution in [-0.4, -0.2) is 56.1 Å². The van der Waals surface area contributed by atoms with Gasteiger partial charge in [-0.25, -0.2) is 18.1 Å². The molecule has 2 N–H and O–H groups in total. The van der Waals surface area contributed by atoms with E-state index in [1.165, 1.54) is 17.4 Å². The van der Waals surface area contributed by atoms with Gasteiger partial charge in [0.25, 0.3) is 10.0 Å². The maximum absolute atomic E-state index is 12.0. The standard InChI is InChI=1S/C16H22N4O4S3/c1-11-7-20(8-12(2)24-11)9-13-10-26-16(18-13)19-14(21)6-17-27(22,23)15-4-3-5-25-15/h3-5,10-12,17H,6-9H2,1-2H3,(H,18,19,21). The highest BCUT2D eigenvalue weighted by molar-refractivity contribution is 7.91. The number of carbonyl (C=O) groups excluding carboxylic acids is 1. The number of sulfonamides is 1. The average Bonchev–Trinajstić information content (AvgIpc) is 3.24. The van der Waals surface area contributed by atoms with E-state index in [-0.39, 0.29) is 23.0 Å². The summed E-state index contributed by atoms with van der Waals surface area (Å²) >= 11 is 2.42. The highest BCUT2D eigenvalue weighted by Crippen LogP contribution is 2.19. The minimum absolute atomic E-state index is 0.181. The molecule has 1 fully saturated rings. The molecule has 0 aromatic carbocycles. The zero-order valence-electron chi connectivity index (χ0n) is 15.0. The summed E-state index contributed by atoms with van der Waals surface area (Å²) in [5, 5.41) is 6.66. The molecule has 1 aliphatic rings. The first-order valence-corrected chi connectivity index (χ1v) is 11.7. The molecular formula is C16H22N4O4S3. The van der Waals surface area contributed by atoms with Crippen molar-refractivity contribution in [1.82, 2.24) is 14.6 Å². The van der Waals surface area contributed by atoms with Gasteiger partial charge < -0.3 is 10.1 Å². The minimum atomic E-state index is -3.66. The number of hydrogen-bond acceptors (Lipinski definition) is 8. The van der Waals surface area contributed by atoms with Crippen molar-refractivity contribution in [3.05, 3.63) is 28.6 Å². The number of thiophene rings is 1. The molecule has 11 heteroatoms. The van der Waals surface area contributed by atoms with Crippen LogP contribution in [0.5, 0.6) is 0 Å². The number of morpholine rings is 1. The van der Waals surface area contributed by atoms with Crippen molar-refractivity contribution in [1.29, 1.82) is 0 Å². The Morgan fingerprint density at radius 2 is 2.07 bits per heavy atom. The third-order valence-corrected chi connectivity index (χ3v) is 7.47. The zero-order chi connectivity index (χ0) is 19.4. The molecule has 2 atom stereocenters. The number of hydrogen-bond donors (Lipinski definition) is 2. The summed E-state index contributed by atoms with van der Waals surface area (Å²) in [4.78, 5) is 18.7. The molecule has 148 valence electrons. The van der Waals surface area contributed by atoms with Crippen LogP contribution in [0.2, 0.25) is 0 Å². The Hall–Kier alpha value is -1.37. The van der Waals surface area contributed by atoms with Crippen LogP contribution in [0.4, 0.5) is 5.13 Å². The fourth-order valence-corrected chi connectivity index (χ4v) is 5.63. The van der Waals surface area contributed by atoms with Crippen LogP contribution >= 0.6 is 22.7 Å². The molecule has 0 bridgehead atoms. The molecule has 8 nitrogen and oxygen atoms in total. The fraction of sp³-hybridized carbons (Fsp3) is 0.500. The van der Waals surface area contributed by atoms with Crippen molar-refractivity contribution in [2.45, 2.75) is 36.8 Å². The second-order valence-corrected chi connectivity index (χ2v) is 10.2. The molecular weight excluding hydrogens is 408 g/mol. The van der Waals surface area contributed by atoms with E-state index in [1.54, 1.807) is 11.4 Å². The number of anilines is 1. The van der Waals surface area contributed by atoms with E-state index in [0.29, 0.717) is 11.7 Å². The maximum atomic E-state index is 12.0. The van der Waals surface area contributed by atoms with Gasteiger partial charge in [-0.3, -0.25) is 9.69 Å². The van der Waals surface area contributed by atoms with E-state index in [1.807, 2.05) is 19.2 Å². The van der Waals surface area contributed by atoms with Gasteiger partial charge in [-0.2, -0.15) is 0 Å². The van der Waals surface area contributed by atoms with Crippen molar-refractivity contribution in [3.63, 3.8) is 0 Å². The number of aromatic nitrogens is 1. The van der Waals surface area contributed by atoms with Gasteiger partial charge in [0.05, 0.1) is 24.4 Å². The number of nitrogens with zero attached hydrogens (tertiary/aromatic N) is 2. The molecule has 1 amide bonds.